The predicted octanol–water partition coefficient (Wildman–Crippen LogP) is 2.38. The van der Waals surface area contributed by atoms with Gasteiger partial charge in [-0.1, -0.05) is 30.3 Å². The van der Waals surface area contributed by atoms with Crippen LogP contribution in [0.3, 0.4) is 0 Å². The van der Waals surface area contributed by atoms with E-state index in [-0.39, 0.29) is 0 Å². The average molecular weight is 192 g/mol. The van der Waals surface area contributed by atoms with Gasteiger partial charge in [0.1, 0.15) is 0 Å². The van der Waals surface area contributed by atoms with Gasteiger partial charge in [0.2, 0.25) is 0 Å². The summed E-state index contributed by atoms with van der Waals surface area (Å²) in [5.41, 5.74) is 1.23. The smallest absolute Gasteiger partial charge is 0.0860 e. The van der Waals surface area contributed by atoms with Crippen LogP contribution in [-0.2, 0) is 16.1 Å². The molecule has 1 aromatic rings. The lowest BCUT2D eigenvalue weighted by atomic mass is 10.2. The first kappa shape index (κ1) is 9.69. The summed E-state index contributed by atoms with van der Waals surface area (Å²) in [4.78, 5) is 0. The van der Waals surface area contributed by atoms with E-state index in [9.17, 15) is 0 Å². The van der Waals surface area contributed by atoms with E-state index in [2.05, 4.69) is 19.1 Å². The highest BCUT2D eigenvalue weighted by Crippen LogP contribution is 2.24. The average Bonchev–Trinajstić information content (AvgIpc) is 2.91. The normalized spacial score (nSPS) is 24.9. The summed E-state index contributed by atoms with van der Waals surface area (Å²) in [6, 6.07) is 10.2. The van der Waals surface area contributed by atoms with Gasteiger partial charge in [-0.2, -0.15) is 0 Å². The first-order valence-corrected chi connectivity index (χ1v) is 5.13. The van der Waals surface area contributed by atoms with Crippen LogP contribution in [0.2, 0.25) is 0 Å². The molecule has 2 heteroatoms. The molecule has 1 aromatic carbocycles. The molecule has 0 amide bonds. The van der Waals surface area contributed by atoms with E-state index in [1.165, 1.54) is 5.56 Å². The number of rotatable bonds is 5. The van der Waals surface area contributed by atoms with Crippen LogP contribution in [0.5, 0.6) is 0 Å². The number of ether oxygens (including phenoxy) is 2. The van der Waals surface area contributed by atoms with Crippen LogP contribution in [-0.4, -0.2) is 18.8 Å². The maximum absolute atomic E-state index is 5.54. The number of epoxide rings is 1. The maximum atomic E-state index is 5.54. The van der Waals surface area contributed by atoms with Crippen molar-refractivity contribution >= 4 is 0 Å². The molecule has 0 aliphatic carbocycles. The second-order valence-electron chi connectivity index (χ2n) is 3.71. The van der Waals surface area contributed by atoms with E-state index in [4.69, 9.17) is 9.47 Å². The molecule has 2 unspecified atom stereocenters. The van der Waals surface area contributed by atoms with Crippen molar-refractivity contribution in [3.8, 4) is 0 Å². The van der Waals surface area contributed by atoms with Crippen molar-refractivity contribution in [3.63, 3.8) is 0 Å². The lowest BCUT2D eigenvalue weighted by Crippen LogP contribution is -2.00. The van der Waals surface area contributed by atoms with Gasteiger partial charge in [-0.3, -0.25) is 0 Å². The Morgan fingerprint density at radius 1 is 1.29 bits per heavy atom. The molecule has 1 aliphatic heterocycles. The third kappa shape index (κ3) is 2.82. The standard InChI is InChI=1S/C12H16O2/c1-10-12(14-10)7-8-13-9-11-5-3-2-4-6-11/h2-6,10,12H,7-9H2,1H3. The molecule has 76 valence electrons. The van der Waals surface area contributed by atoms with E-state index in [1.54, 1.807) is 0 Å². The van der Waals surface area contributed by atoms with Crippen LogP contribution in [0, 0.1) is 0 Å². The molecule has 0 aromatic heterocycles. The van der Waals surface area contributed by atoms with Gasteiger partial charge in [-0.05, 0) is 18.9 Å². The van der Waals surface area contributed by atoms with E-state index < -0.39 is 0 Å². The highest BCUT2D eigenvalue weighted by Gasteiger charge is 2.33. The van der Waals surface area contributed by atoms with Crippen molar-refractivity contribution < 1.29 is 9.47 Å². The van der Waals surface area contributed by atoms with E-state index in [0.29, 0.717) is 18.8 Å². The Morgan fingerprint density at radius 3 is 2.64 bits per heavy atom. The summed E-state index contributed by atoms with van der Waals surface area (Å²) in [5, 5.41) is 0. The van der Waals surface area contributed by atoms with Gasteiger partial charge in [-0.15, -0.1) is 0 Å². The number of benzene rings is 1. The molecule has 0 saturated carbocycles. The molecule has 2 nitrogen and oxygen atoms in total. The molecule has 1 heterocycles. The van der Waals surface area contributed by atoms with Crippen LogP contribution in [0.4, 0.5) is 0 Å². The molecular weight excluding hydrogens is 176 g/mol. The topological polar surface area (TPSA) is 21.8 Å². The Morgan fingerprint density at radius 2 is 2.00 bits per heavy atom. The van der Waals surface area contributed by atoms with Gasteiger partial charge in [0.15, 0.2) is 0 Å². The number of hydrogen-bond acceptors (Lipinski definition) is 2. The fourth-order valence-electron chi connectivity index (χ4n) is 1.50. The van der Waals surface area contributed by atoms with Crippen LogP contribution >= 0.6 is 0 Å². The van der Waals surface area contributed by atoms with Crippen LogP contribution in [0.15, 0.2) is 30.3 Å². The van der Waals surface area contributed by atoms with Crippen LogP contribution in [0.1, 0.15) is 18.9 Å². The van der Waals surface area contributed by atoms with Gasteiger partial charge in [-0.25, -0.2) is 0 Å². The van der Waals surface area contributed by atoms with Crippen molar-refractivity contribution in [3.05, 3.63) is 35.9 Å². The highest BCUT2D eigenvalue weighted by atomic mass is 16.6. The fraction of sp³-hybridized carbons (Fsp3) is 0.500. The maximum Gasteiger partial charge on any atom is 0.0860 e. The summed E-state index contributed by atoms with van der Waals surface area (Å²) in [5.74, 6) is 0. The minimum absolute atomic E-state index is 0.450. The second-order valence-corrected chi connectivity index (χ2v) is 3.71. The van der Waals surface area contributed by atoms with E-state index >= 15 is 0 Å². The zero-order valence-corrected chi connectivity index (χ0v) is 8.48. The Balaban J connectivity index is 1.59. The molecule has 0 bridgehead atoms. The molecule has 2 rings (SSSR count). The Hall–Kier alpha value is -0.860. The second kappa shape index (κ2) is 4.58. The van der Waals surface area contributed by atoms with E-state index in [0.717, 1.165) is 13.0 Å². The molecule has 1 saturated heterocycles. The molecule has 0 radical (unpaired) electrons. The third-order valence-electron chi connectivity index (χ3n) is 2.49. The summed E-state index contributed by atoms with van der Waals surface area (Å²) in [6.45, 7) is 3.60. The summed E-state index contributed by atoms with van der Waals surface area (Å²) in [6.07, 6.45) is 1.93. The van der Waals surface area contributed by atoms with Crippen molar-refractivity contribution in [2.24, 2.45) is 0 Å². The van der Waals surface area contributed by atoms with Gasteiger partial charge in [0, 0.05) is 6.61 Å². The Bertz CT molecular complexity index is 271. The van der Waals surface area contributed by atoms with Gasteiger partial charge in [0.05, 0.1) is 18.8 Å². The molecule has 1 fully saturated rings. The van der Waals surface area contributed by atoms with Crippen molar-refractivity contribution in [1.82, 2.24) is 0 Å². The van der Waals surface area contributed by atoms with Gasteiger partial charge >= 0.3 is 0 Å². The SMILES string of the molecule is CC1OC1CCOCc1ccccc1. The first-order chi connectivity index (χ1) is 6.86. The molecular formula is C12H16O2. The molecule has 0 N–H and O–H groups in total. The van der Waals surface area contributed by atoms with Crippen molar-refractivity contribution in [1.29, 1.82) is 0 Å². The minimum Gasteiger partial charge on any atom is -0.377 e. The van der Waals surface area contributed by atoms with Crippen LogP contribution in [0.25, 0.3) is 0 Å². The zero-order valence-electron chi connectivity index (χ0n) is 8.48. The Kier molecular flexibility index (Phi) is 3.17. The van der Waals surface area contributed by atoms with Crippen molar-refractivity contribution in [2.45, 2.75) is 32.2 Å². The first-order valence-electron chi connectivity index (χ1n) is 5.13. The van der Waals surface area contributed by atoms with Crippen LogP contribution < -0.4 is 0 Å². The molecule has 1 aliphatic rings. The predicted molar refractivity (Wildman–Crippen MR) is 55.1 cm³/mol. The molecule has 2 atom stereocenters. The fourth-order valence-corrected chi connectivity index (χ4v) is 1.50. The number of hydrogen-bond donors (Lipinski definition) is 0. The largest absolute Gasteiger partial charge is 0.377 e. The minimum atomic E-state index is 0.450. The third-order valence-corrected chi connectivity index (χ3v) is 2.49. The zero-order chi connectivity index (χ0) is 9.80. The van der Waals surface area contributed by atoms with Gasteiger partial charge < -0.3 is 9.47 Å². The monoisotopic (exact) mass is 192 g/mol. The van der Waals surface area contributed by atoms with E-state index in [1.807, 2.05) is 18.2 Å². The lowest BCUT2D eigenvalue weighted by molar-refractivity contribution is 0.113. The highest BCUT2D eigenvalue weighted by molar-refractivity contribution is 5.13. The Labute approximate surface area is 84.8 Å². The summed E-state index contributed by atoms with van der Waals surface area (Å²) in [7, 11) is 0. The summed E-state index contributed by atoms with van der Waals surface area (Å²) < 4.78 is 10.8. The molecule has 14 heavy (non-hydrogen) atoms. The lowest BCUT2D eigenvalue weighted by Gasteiger charge is -2.02. The summed E-state index contributed by atoms with van der Waals surface area (Å²) >= 11 is 0. The van der Waals surface area contributed by atoms with Gasteiger partial charge in [0.25, 0.3) is 0 Å². The molecule has 0 spiro atoms. The van der Waals surface area contributed by atoms with Crippen molar-refractivity contribution in [2.75, 3.05) is 6.61 Å². The quantitative estimate of drug-likeness (QED) is 0.527.